The van der Waals surface area contributed by atoms with Crippen molar-refractivity contribution in [2.24, 2.45) is 0 Å². The first kappa shape index (κ1) is 48.2. The summed E-state index contributed by atoms with van der Waals surface area (Å²) in [5, 5.41) is 38.3. The molecule has 3 rings (SSSR count). The summed E-state index contributed by atoms with van der Waals surface area (Å²) in [5.41, 5.74) is 1.59. The molecule has 0 unspecified atom stereocenters. The zero-order chi connectivity index (χ0) is 42.8. The van der Waals surface area contributed by atoms with Gasteiger partial charge in [0.05, 0.1) is 43.1 Å². The number of ether oxygens (including phenoxy) is 4. The van der Waals surface area contributed by atoms with Crippen LogP contribution in [0, 0.1) is 0 Å². The Balaban J connectivity index is 1.88. The fourth-order valence-electron chi connectivity index (χ4n) is 6.49. The number of aliphatic hydroxyl groups is 2. The second-order valence-corrected chi connectivity index (χ2v) is 14.6. The molecule has 0 bridgehead atoms. The Morgan fingerprint density at radius 1 is 0.492 bits per heavy atom. The molecule has 0 aliphatic heterocycles. The van der Waals surface area contributed by atoms with E-state index >= 15 is 0 Å². The summed E-state index contributed by atoms with van der Waals surface area (Å²) in [4.78, 5) is 50.5. The van der Waals surface area contributed by atoms with Crippen LogP contribution in [0.2, 0.25) is 0 Å². The van der Waals surface area contributed by atoms with Gasteiger partial charge in [0.25, 0.3) is 0 Å². The number of aromatic carboxylic acids is 2. The molecule has 0 spiro atoms. The van der Waals surface area contributed by atoms with Gasteiger partial charge >= 0.3 is 23.9 Å². The van der Waals surface area contributed by atoms with Crippen molar-refractivity contribution in [2.75, 3.05) is 39.6 Å². The third-order valence-corrected chi connectivity index (χ3v) is 9.78. The van der Waals surface area contributed by atoms with Crippen molar-refractivity contribution < 1.29 is 58.6 Å². The van der Waals surface area contributed by atoms with Gasteiger partial charge in [0.2, 0.25) is 0 Å². The van der Waals surface area contributed by atoms with Gasteiger partial charge in [0, 0.05) is 24.4 Å². The van der Waals surface area contributed by atoms with E-state index < -0.39 is 23.9 Å². The van der Waals surface area contributed by atoms with Gasteiger partial charge in [-0.05, 0) is 117 Å². The molecule has 0 atom stereocenters. The van der Waals surface area contributed by atoms with Crippen LogP contribution in [0.4, 0.5) is 0 Å². The average molecular weight is 819 g/mol. The van der Waals surface area contributed by atoms with Gasteiger partial charge < -0.3 is 39.4 Å². The molecule has 0 saturated heterocycles. The van der Waals surface area contributed by atoms with Crippen LogP contribution in [0.3, 0.4) is 0 Å². The van der Waals surface area contributed by atoms with Crippen LogP contribution in [0.5, 0.6) is 11.5 Å². The van der Waals surface area contributed by atoms with E-state index in [4.69, 9.17) is 29.2 Å². The lowest BCUT2D eigenvalue weighted by Gasteiger charge is -2.17. The van der Waals surface area contributed by atoms with Crippen LogP contribution in [0.15, 0.2) is 66.7 Å². The number of carbonyl (C=O) groups is 4. The van der Waals surface area contributed by atoms with Crippen molar-refractivity contribution in [3.8, 4) is 33.8 Å². The fourth-order valence-corrected chi connectivity index (χ4v) is 6.49. The first-order valence-corrected chi connectivity index (χ1v) is 20.9. The predicted molar refractivity (Wildman–Crippen MR) is 226 cm³/mol. The minimum atomic E-state index is -1.20. The van der Waals surface area contributed by atoms with Crippen molar-refractivity contribution in [3.63, 3.8) is 0 Å². The van der Waals surface area contributed by atoms with E-state index in [1.165, 1.54) is 18.2 Å². The van der Waals surface area contributed by atoms with Crippen molar-refractivity contribution in [1.82, 2.24) is 0 Å². The monoisotopic (exact) mass is 818 g/mol. The molecule has 0 aliphatic rings. The largest absolute Gasteiger partial charge is 0.494 e. The number of carboxylic acid groups (broad SMARTS) is 2. The molecular weight excluding hydrogens is 757 g/mol. The zero-order valence-electron chi connectivity index (χ0n) is 34.5. The van der Waals surface area contributed by atoms with E-state index in [0.29, 0.717) is 60.7 Å². The number of aliphatic hydroxyl groups excluding tert-OH is 2. The normalized spacial score (nSPS) is 10.9. The molecule has 4 N–H and O–H groups in total. The van der Waals surface area contributed by atoms with Gasteiger partial charge in [-0.1, -0.05) is 70.1 Å². The Labute approximate surface area is 348 Å². The van der Waals surface area contributed by atoms with E-state index in [0.717, 1.165) is 83.5 Å². The molecule has 0 aromatic heterocycles. The maximum absolute atomic E-state index is 13.9. The summed E-state index contributed by atoms with van der Waals surface area (Å²) in [6.07, 6.45) is 13.8. The summed E-state index contributed by atoms with van der Waals surface area (Å²) < 4.78 is 22.9. The highest BCUT2D eigenvalue weighted by Gasteiger charge is 2.23. The fraction of sp³-hybridized carbons (Fsp3) is 0.489. The third kappa shape index (κ3) is 17.3. The molecule has 3 aromatic rings. The maximum atomic E-state index is 13.9. The van der Waals surface area contributed by atoms with Crippen molar-refractivity contribution in [1.29, 1.82) is 0 Å². The smallest absolute Gasteiger partial charge is 0.338 e. The number of hydrogen-bond donors (Lipinski definition) is 4. The van der Waals surface area contributed by atoms with Gasteiger partial charge in [0.15, 0.2) is 0 Å². The molecule has 0 amide bonds. The molecule has 12 heteroatoms. The van der Waals surface area contributed by atoms with Crippen LogP contribution in [0.1, 0.15) is 141 Å². The molecule has 322 valence electrons. The van der Waals surface area contributed by atoms with Gasteiger partial charge in [-0.15, -0.1) is 0 Å². The summed E-state index contributed by atoms with van der Waals surface area (Å²) in [5.74, 6) is -2.60. The lowest BCUT2D eigenvalue weighted by Crippen LogP contribution is -2.11. The Morgan fingerprint density at radius 3 is 1.42 bits per heavy atom. The van der Waals surface area contributed by atoms with E-state index in [1.807, 2.05) is 0 Å². The lowest BCUT2D eigenvalue weighted by molar-refractivity contribution is -0.139. The highest BCUT2D eigenvalue weighted by atomic mass is 16.5. The summed E-state index contributed by atoms with van der Waals surface area (Å²) in [6, 6.07) is 14.1. The lowest BCUT2D eigenvalue weighted by atomic mass is 9.90. The molecule has 59 heavy (non-hydrogen) atoms. The second-order valence-electron chi connectivity index (χ2n) is 14.6. The number of benzene rings is 3. The van der Waals surface area contributed by atoms with Crippen molar-refractivity contribution in [3.05, 3.63) is 83.4 Å². The Morgan fingerprint density at radius 2 is 0.932 bits per heavy atom. The van der Waals surface area contributed by atoms with E-state index in [1.54, 1.807) is 43.3 Å². The summed E-state index contributed by atoms with van der Waals surface area (Å²) in [6.45, 7) is 6.73. The number of hydrogen-bond acceptors (Lipinski definition) is 10. The van der Waals surface area contributed by atoms with E-state index in [9.17, 15) is 29.4 Å². The predicted octanol–water partition coefficient (Wildman–Crippen LogP) is 9.68. The van der Waals surface area contributed by atoms with E-state index in [2.05, 4.69) is 6.58 Å². The number of esters is 2. The molecule has 0 heterocycles. The molecular formula is C47H62O12. The number of carboxylic acids is 2. The SMILES string of the molecule is C=C(C)C(=O)OCCCCCCOC(=O)c1cc(-c2cc(OCCCCCCCCO)ccc2C(=O)O)ccc1-c1cc(OCCCCCCCCO)ccc1C(=O)O. The Kier molecular flexibility index (Phi) is 22.4. The highest BCUT2D eigenvalue weighted by Crippen LogP contribution is 2.36. The molecule has 12 nitrogen and oxygen atoms in total. The average Bonchev–Trinajstić information content (AvgIpc) is 3.23. The molecule has 0 radical (unpaired) electrons. The van der Waals surface area contributed by atoms with E-state index in [-0.39, 0.29) is 54.2 Å². The zero-order valence-corrected chi connectivity index (χ0v) is 34.5. The minimum absolute atomic E-state index is 0.00255. The van der Waals surface area contributed by atoms with Crippen LogP contribution in [0.25, 0.3) is 22.3 Å². The Hall–Kier alpha value is -5.20. The highest BCUT2D eigenvalue weighted by molar-refractivity contribution is 6.05. The Bertz CT molecular complexity index is 1800. The summed E-state index contributed by atoms with van der Waals surface area (Å²) >= 11 is 0. The molecule has 3 aromatic carbocycles. The second kappa shape index (κ2) is 27.5. The molecule has 0 saturated carbocycles. The number of rotatable bonds is 31. The minimum Gasteiger partial charge on any atom is -0.494 e. The molecule has 0 fully saturated rings. The summed E-state index contributed by atoms with van der Waals surface area (Å²) in [7, 11) is 0. The van der Waals surface area contributed by atoms with Crippen molar-refractivity contribution in [2.45, 2.75) is 110 Å². The van der Waals surface area contributed by atoms with Gasteiger partial charge in [0.1, 0.15) is 11.5 Å². The first-order valence-electron chi connectivity index (χ1n) is 20.9. The van der Waals surface area contributed by atoms with Crippen LogP contribution < -0.4 is 9.47 Å². The first-order chi connectivity index (χ1) is 28.6. The van der Waals surface area contributed by atoms with Gasteiger partial charge in [-0.2, -0.15) is 0 Å². The van der Waals surface area contributed by atoms with Crippen LogP contribution in [-0.2, 0) is 14.3 Å². The van der Waals surface area contributed by atoms with Crippen LogP contribution in [-0.4, -0.2) is 83.9 Å². The standard InChI is InChI=1S/C47H62O12/c1-34(2)46(54)58-29-17-11-12-18-30-59-47(55)43-31-35(41-32-36(20-23-39(41)44(50)51)56-27-15-9-5-3-7-13-25-48)19-22-38(43)42-33-37(21-24-40(42)45(52)53)57-28-16-10-6-4-8-14-26-49/h19-24,31-33,48-49H,1,3-18,25-30H2,2H3,(H,50,51)(H,52,53). The van der Waals surface area contributed by atoms with Crippen molar-refractivity contribution >= 4 is 23.9 Å². The van der Waals surface area contributed by atoms with Crippen LogP contribution >= 0.6 is 0 Å². The maximum Gasteiger partial charge on any atom is 0.338 e. The quantitative estimate of drug-likeness (QED) is 0.0274. The van der Waals surface area contributed by atoms with Gasteiger partial charge in [-0.25, -0.2) is 19.2 Å². The molecule has 0 aliphatic carbocycles. The van der Waals surface area contributed by atoms with Gasteiger partial charge in [-0.3, -0.25) is 0 Å². The topological polar surface area (TPSA) is 186 Å². The number of carbonyl (C=O) groups excluding carboxylic acids is 2. The number of unbranched alkanes of at least 4 members (excludes halogenated alkanes) is 13. The third-order valence-electron chi connectivity index (χ3n) is 9.78.